The fourth-order valence-corrected chi connectivity index (χ4v) is 9.34. The van der Waals surface area contributed by atoms with Gasteiger partial charge in [-0.05, 0) is 51.9 Å². The van der Waals surface area contributed by atoms with Gasteiger partial charge in [0.2, 0.25) is 14.7 Å². The van der Waals surface area contributed by atoms with Crippen LogP contribution >= 0.6 is 14.7 Å². The highest BCUT2D eigenvalue weighted by Crippen LogP contribution is 2.61. The number of hydrogen-bond acceptors (Lipinski definition) is 8. The quantitative estimate of drug-likeness (QED) is 0.205. The van der Waals surface area contributed by atoms with E-state index in [0.29, 0.717) is 39.0 Å². The van der Waals surface area contributed by atoms with E-state index < -0.39 is 45.0 Å². The zero-order valence-corrected chi connectivity index (χ0v) is 20.2. The van der Waals surface area contributed by atoms with E-state index in [1.807, 2.05) is 4.90 Å². The zero-order chi connectivity index (χ0) is 23.2. The fourth-order valence-electron chi connectivity index (χ4n) is 3.62. The van der Waals surface area contributed by atoms with E-state index in [9.17, 15) is 23.7 Å². The van der Waals surface area contributed by atoms with Crippen molar-refractivity contribution in [1.82, 2.24) is 20.9 Å². The van der Waals surface area contributed by atoms with Gasteiger partial charge in [-0.3, -0.25) is 18.8 Å². The first kappa shape index (κ1) is 28.7. The summed E-state index contributed by atoms with van der Waals surface area (Å²) < 4.78 is 25.8. The first-order valence-electron chi connectivity index (χ1n) is 11.1. The molecule has 8 N–H and O–H groups in total. The molecule has 1 aliphatic rings. The molecule has 3 atom stereocenters. The van der Waals surface area contributed by atoms with E-state index in [0.717, 1.165) is 45.6 Å². The van der Waals surface area contributed by atoms with Gasteiger partial charge in [-0.2, -0.15) is 0 Å². The lowest BCUT2D eigenvalue weighted by atomic mass is 10.2. The average molecular weight is 486 g/mol. The van der Waals surface area contributed by atoms with Crippen molar-refractivity contribution in [1.29, 1.82) is 0 Å². The number of nitrogens with two attached hydrogens (primary N) is 1. The number of nitrogens with one attached hydrogen (secondary N) is 3. The van der Waals surface area contributed by atoms with Crippen molar-refractivity contribution in [3.63, 3.8) is 0 Å². The molecular weight excluding hydrogens is 444 g/mol. The van der Waals surface area contributed by atoms with Crippen LogP contribution in [-0.4, -0.2) is 103 Å². The monoisotopic (exact) mass is 485 g/mol. The summed E-state index contributed by atoms with van der Waals surface area (Å²) in [5, 5.41) is 18.9. The lowest BCUT2D eigenvalue weighted by molar-refractivity contribution is -0.136. The van der Waals surface area contributed by atoms with Crippen LogP contribution in [0, 0.1) is 0 Å². The summed E-state index contributed by atoms with van der Waals surface area (Å²) in [7, 11) is -8.12. The van der Waals surface area contributed by atoms with Crippen LogP contribution in [0.2, 0.25) is 0 Å². The van der Waals surface area contributed by atoms with Gasteiger partial charge in [0.1, 0.15) is 5.90 Å². The van der Waals surface area contributed by atoms with Crippen LogP contribution < -0.4 is 21.7 Å². The molecule has 0 amide bonds. The average Bonchev–Trinajstić information content (AvgIpc) is 2.68. The third-order valence-corrected chi connectivity index (χ3v) is 11.0. The first-order chi connectivity index (χ1) is 14.7. The smallest absolute Gasteiger partial charge is 0.303 e. The predicted molar refractivity (Wildman–Crippen MR) is 123 cm³/mol. The third kappa shape index (κ3) is 13.1. The Kier molecular flexibility index (Phi) is 14.3. The van der Waals surface area contributed by atoms with Crippen LogP contribution in [0.1, 0.15) is 32.1 Å². The van der Waals surface area contributed by atoms with Gasteiger partial charge in [-0.25, -0.2) is 0 Å². The van der Waals surface area contributed by atoms with Crippen molar-refractivity contribution < 1.29 is 28.8 Å². The Hall–Kier alpha value is -0.350. The maximum atomic E-state index is 13.3. The molecule has 1 saturated heterocycles. The summed E-state index contributed by atoms with van der Waals surface area (Å²) in [4.78, 5) is 33.7. The molecule has 1 rings (SSSR count). The van der Waals surface area contributed by atoms with Crippen LogP contribution in [0.3, 0.4) is 0 Å². The second kappa shape index (κ2) is 15.5. The highest BCUT2D eigenvalue weighted by atomic mass is 31.2. The Morgan fingerprint density at radius 2 is 1.58 bits per heavy atom. The molecule has 11 nitrogen and oxygen atoms in total. The Labute approximate surface area is 185 Å². The summed E-state index contributed by atoms with van der Waals surface area (Å²) in [5.74, 6) is -2.75. The van der Waals surface area contributed by atoms with Gasteiger partial charge in [0.05, 0.1) is 12.2 Å². The maximum absolute atomic E-state index is 13.3. The van der Waals surface area contributed by atoms with Gasteiger partial charge in [-0.1, -0.05) is 0 Å². The molecule has 0 aromatic carbocycles. The molecule has 1 aliphatic heterocycles. The summed E-state index contributed by atoms with van der Waals surface area (Å²) >= 11 is 0. The van der Waals surface area contributed by atoms with Gasteiger partial charge in [0, 0.05) is 38.9 Å². The molecule has 0 bridgehead atoms. The molecule has 31 heavy (non-hydrogen) atoms. The molecule has 0 aromatic rings. The molecule has 0 saturated carbocycles. The lowest BCUT2D eigenvalue weighted by Gasteiger charge is -2.35. The lowest BCUT2D eigenvalue weighted by Crippen LogP contribution is -2.42. The van der Waals surface area contributed by atoms with Crippen molar-refractivity contribution in [2.75, 3.05) is 71.0 Å². The summed E-state index contributed by atoms with van der Waals surface area (Å²) in [6.07, 6.45) is 1.61. The molecule has 1 heterocycles. The third-order valence-electron chi connectivity index (χ3n) is 5.21. The van der Waals surface area contributed by atoms with Crippen LogP contribution in [0.15, 0.2) is 0 Å². The minimum atomic E-state index is -4.07. The molecule has 0 spiro atoms. The van der Waals surface area contributed by atoms with Crippen LogP contribution in [0.25, 0.3) is 0 Å². The molecule has 13 heteroatoms. The molecule has 184 valence electrons. The molecule has 0 aliphatic carbocycles. The highest BCUT2D eigenvalue weighted by molar-refractivity contribution is 7.75. The van der Waals surface area contributed by atoms with Crippen molar-refractivity contribution in [2.24, 2.45) is 5.73 Å². The van der Waals surface area contributed by atoms with Crippen LogP contribution in [0.5, 0.6) is 0 Å². The number of carbonyl (C=O) groups is 1. The number of carboxylic acids is 1. The Balaban J connectivity index is 2.91. The number of rotatable bonds is 10. The van der Waals surface area contributed by atoms with Crippen molar-refractivity contribution in [3.8, 4) is 0 Å². The number of nitrogens with zero attached hydrogens (tertiary/aromatic N) is 1. The highest BCUT2D eigenvalue weighted by Gasteiger charge is 2.40. The Morgan fingerprint density at radius 3 is 2.19 bits per heavy atom. The molecule has 3 unspecified atom stereocenters. The van der Waals surface area contributed by atoms with Gasteiger partial charge < -0.3 is 36.6 Å². The van der Waals surface area contributed by atoms with Crippen molar-refractivity contribution in [2.45, 2.75) is 37.9 Å². The second-order valence-electron chi connectivity index (χ2n) is 8.02. The van der Waals surface area contributed by atoms with Gasteiger partial charge >= 0.3 is 5.97 Å². The summed E-state index contributed by atoms with van der Waals surface area (Å²) in [5.41, 5.74) is 5.64. The zero-order valence-electron chi connectivity index (χ0n) is 18.4. The van der Waals surface area contributed by atoms with E-state index >= 15 is 0 Å². The van der Waals surface area contributed by atoms with E-state index in [2.05, 4.69) is 16.0 Å². The first-order valence-corrected chi connectivity index (χ1v) is 15.0. The largest absolute Gasteiger partial charge is 0.481 e. The Morgan fingerprint density at radius 1 is 0.968 bits per heavy atom. The van der Waals surface area contributed by atoms with E-state index in [-0.39, 0.29) is 0 Å². The number of hydrogen-bond donors (Lipinski definition) is 7. The van der Waals surface area contributed by atoms with E-state index in [1.54, 1.807) is 0 Å². The standard InChI is InChI=1S/C18H41N5O6P2/c19-6-1-4-17(31(28,29)16-30(26,27)15-5-18(24)25)23-13-3-9-21-11-10-20-7-2-8-22-12-14-23/h17,20-22H,1-16,19H2,(H,24,25)(H,26,27)(H,28,29). The topological polar surface area (TPSA) is 177 Å². The van der Waals surface area contributed by atoms with E-state index in [1.165, 1.54) is 0 Å². The molecular formula is C18H41N5O6P2. The maximum Gasteiger partial charge on any atom is 0.303 e. The minimum absolute atomic E-state index is 0.348. The van der Waals surface area contributed by atoms with E-state index in [4.69, 9.17) is 10.8 Å². The predicted octanol–water partition coefficient (Wildman–Crippen LogP) is -0.111. The number of aliphatic carboxylic acids is 1. The molecule has 0 aromatic heterocycles. The number of carboxylic acid groups (broad SMARTS) is 1. The minimum Gasteiger partial charge on any atom is -0.481 e. The Bertz CT molecular complexity index is 598. The van der Waals surface area contributed by atoms with Gasteiger partial charge in [-0.15, -0.1) is 0 Å². The van der Waals surface area contributed by atoms with Gasteiger partial charge in [0.25, 0.3) is 0 Å². The normalized spacial score (nSPS) is 23.2. The summed E-state index contributed by atoms with van der Waals surface area (Å²) in [6, 6.07) is 0. The van der Waals surface area contributed by atoms with Crippen molar-refractivity contribution in [3.05, 3.63) is 0 Å². The van der Waals surface area contributed by atoms with Crippen molar-refractivity contribution >= 4 is 20.7 Å². The van der Waals surface area contributed by atoms with Crippen LogP contribution in [0.4, 0.5) is 0 Å². The van der Waals surface area contributed by atoms with Gasteiger partial charge in [0.15, 0.2) is 0 Å². The summed E-state index contributed by atoms with van der Waals surface area (Å²) in [6.45, 7) is 6.36. The fraction of sp³-hybridized carbons (Fsp3) is 0.944. The molecule has 0 radical (unpaired) electrons. The molecule has 1 fully saturated rings. The SMILES string of the molecule is NCCCC(N1CCCNCCNCCCNCC1)P(=O)(O)CP(=O)(O)CCC(=O)O. The second-order valence-corrected chi connectivity index (χ2v) is 13.4. The van der Waals surface area contributed by atoms with Crippen LogP contribution in [-0.2, 0) is 13.9 Å².